The second-order valence-corrected chi connectivity index (χ2v) is 2.75. The highest BCUT2D eigenvalue weighted by molar-refractivity contribution is 5.85. The van der Waals surface area contributed by atoms with Crippen molar-refractivity contribution in [3.05, 3.63) is 0 Å². The van der Waals surface area contributed by atoms with Gasteiger partial charge in [-0.3, -0.25) is 4.79 Å². The molecule has 1 saturated heterocycles. The zero-order valence-corrected chi connectivity index (χ0v) is 7.43. The van der Waals surface area contributed by atoms with Gasteiger partial charge in [0.05, 0.1) is 12.1 Å². The van der Waals surface area contributed by atoms with Crippen molar-refractivity contribution in [1.29, 1.82) is 5.26 Å². The summed E-state index contributed by atoms with van der Waals surface area (Å²) in [4.78, 5) is 10.9. The van der Waals surface area contributed by atoms with Crippen LogP contribution in [0, 0.1) is 17.2 Å². The van der Waals surface area contributed by atoms with Crippen LogP contribution in [0.15, 0.2) is 0 Å². The highest BCUT2D eigenvalue weighted by Crippen LogP contribution is 2.14. The minimum absolute atomic E-state index is 0. The van der Waals surface area contributed by atoms with E-state index in [4.69, 9.17) is 11.0 Å². The summed E-state index contributed by atoms with van der Waals surface area (Å²) >= 11 is 0. The van der Waals surface area contributed by atoms with Crippen LogP contribution in [0.25, 0.3) is 0 Å². The van der Waals surface area contributed by atoms with Crippen LogP contribution in [0.5, 0.6) is 0 Å². The molecule has 1 aliphatic rings. The van der Waals surface area contributed by atoms with Crippen LogP contribution >= 0.6 is 12.4 Å². The SMILES string of the molecule is Cl.N#C[C@H](N)C[C@H]1CCNC1=O. The molecule has 1 aliphatic heterocycles. The highest BCUT2D eigenvalue weighted by Gasteiger charge is 2.25. The van der Waals surface area contributed by atoms with E-state index in [1.807, 2.05) is 6.07 Å². The molecule has 0 unspecified atom stereocenters. The molecule has 0 bridgehead atoms. The molecule has 3 N–H and O–H groups in total. The number of halogens is 1. The molecular weight excluding hydrogens is 178 g/mol. The average molecular weight is 190 g/mol. The van der Waals surface area contributed by atoms with Crippen molar-refractivity contribution in [3.63, 3.8) is 0 Å². The zero-order chi connectivity index (χ0) is 8.27. The molecule has 0 radical (unpaired) electrons. The Morgan fingerprint density at radius 1 is 1.83 bits per heavy atom. The second kappa shape index (κ2) is 4.96. The van der Waals surface area contributed by atoms with E-state index in [0.717, 1.165) is 13.0 Å². The van der Waals surface area contributed by atoms with Crippen LogP contribution in [0.4, 0.5) is 0 Å². The van der Waals surface area contributed by atoms with Gasteiger partial charge in [-0.2, -0.15) is 5.26 Å². The summed E-state index contributed by atoms with van der Waals surface area (Å²) in [5.74, 6) is 0.000324. The molecule has 2 atom stereocenters. The quantitative estimate of drug-likeness (QED) is 0.631. The number of carbonyl (C=O) groups excluding carboxylic acids is 1. The maximum Gasteiger partial charge on any atom is 0.223 e. The molecule has 4 nitrogen and oxygen atoms in total. The number of carbonyl (C=O) groups is 1. The predicted molar refractivity (Wildman–Crippen MR) is 46.6 cm³/mol. The number of nitrogens with one attached hydrogen (secondary N) is 1. The summed E-state index contributed by atoms with van der Waals surface area (Å²) in [6.07, 6.45) is 1.30. The maximum absolute atomic E-state index is 10.9. The summed E-state index contributed by atoms with van der Waals surface area (Å²) in [5, 5.41) is 11.1. The largest absolute Gasteiger partial charge is 0.356 e. The van der Waals surface area contributed by atoms with E-state index in [1.54, 1.807) is 0 Å². The fourth-order valence-electron chi connectivity index (χ4n) is 1.23. The number of nitrogens with two attached hydrogens (primary N) is 1. The van der Waals surface area contributed by atoms with Crippen LogP contribution in [0.2, 0.25) is 0 Å². The topological polar surface area (TPSA) is 78.9 Å². The Morgan fingerprint density at radius 3 is 2.92 bits per heavy atom. The molecule has 1 fully saturated rings. The lowest BCUT2D eigenvalue weighted by molar-refractivity contribution is -0.122. The third-order valence-electron chi connectivity index (χ3n) is 1.87. The van der Waals surface area contributed by atoms with Gasteiger partial charge in [-0.1, -0.05) is 0 Å². The standard InChI is InChI=1S/C7H11N3O.ClH/c8-4-6(9)3-5-1-2-10-7(5)11;/h5-6H,1-3,9H2,(H,10,11);1H/t5-,6-;/m1./s1. The smallest absolute Gasteiger partial charge is 0.223 e. The van der Waals surface area contributed by atoms with Crippen LogP contribution in [-0.4, -0.2) is 18.5 Å². The van der Waals surface area contributed by atoms with Gasteiger partial charge in [0, 0.05) is 12.5 Å². The molecule has 1 amide bonds. The van der Waals surface area contributed by atoms with Gasteiger partial charge in [-0.15, -0.1) is 12.4 Å². The third-order valence-corrected chi connectivity index (χ3v) is 1.87. The number of amides is 1. The van der Waals surface area contributed by atoms with E-state index >= 15 is 0 Å². The zero-order valence-electron chi connectivity index (χ0n) is 6.62. The molecule has 0 spiro atoms. The Kier molecular flexibility index (Phi) is 4.64. The molecule has 5 heteroatoms. The van der Waals surface area contributed by atoms with Gasteiger partial charge in [0.15, 0.2) is 0 Å². The monoisotopic (exact) mass is 189 g/mol. The van der Waals surface area contributed by atoms with E-state index in [9.17, 15) is 4.79 Å². The summed E-state index contributed by atoms with van der Waals surface area (Å²) in [6, 6.07) is 1.41. The van der Waals surface area contributed by atoms with Gasteiger partial charge in [0.1, 0.15) is 0 Å². The fourth-order valence-corrected chi connectivity index (χ4v) is 1.23. The lowest BCUT2D eigenvalue weighted by atomic mass is 10.00. The Morgan fingerprint density at radius 2 is 2.50 bits per heavy atom. The molecule has 1 rings (SSSR count). The number of rotatable bonds is 2. The number of hydrogen-bond donors (Lipinski definition) is 2. The minimum Gasteiger partial charge on any atom is -0.356 e. The highest BCUT2D eigenvalue weighted by atomic mass is 35.5. The van der Waals surface area contributed by atoms with Gasteiger partial charge < -0.3 is 11.1 Å². The lowest BCUT2D eigenvalue weighted by Gasteiger charge is -2.06. The first-order valence-corrected chi connectivity index (χ1v) is 3.67. The van der Waals surface area contributed by atoms with E-state index in [1.165, 1.54) is 0 Å². The van der Waals surface area contributed by atoms with Crippen molar-refractivity contribution in [2.45, 2.75) is 18.9 Å². The van der Waals surface area contributed by atoms with Crippen LogP contribution in [0.1, 0.15) is 12.8 Å². The minimum atomic E-state index is -0.496. The fraction of sp³-hybridized carbons (Fsp3) is 0.714. The Labute approximate surface area is 77.5 Å². The molecule has 68 valence electrons. The first-order valence-electron chi connectivity index (χ1n) is 3.67. The predicted octanol–water partition coefficient (Wildman–Crippen LogP) is -0.215. The van der Waals surface area contributed by atoms with Gasteiger partial charge >= 0.3 is 0 Å². The Balaban J connectivity index is 0.00000121. The molecular formula is C7H12ClN3O. The van der Waals surface area contributed by atoms with Gasteiger partial charge in [-0.05, 0) is 12.8 Å². The first-order chi connectivity index (χ1) is 5.24. The van der Waals surface area contributed by atoms with Crippen molar-refractivity contribution in [1.82, 2.24) is 5.32 Å². The van der Waals surface area contributed by atoms with Crippen LogP contribution < -0.4 is 11.1 Å². The number of hydrogen-bond acceptors (Lipinski definition) is 3. The molecule has 0 aromatic heterocycles. The lowest BCUT2D eigenvalue weighted by Crippen LogP contribution is -2.26. The molecule has 1 heterocycles. The van der Waals surface area contributed by atoms with Crippen molar-refractivity contribution in [2.75, 3.05) is 6.54 Å². The molecule has 0 saturated carbocycles. The van der Waals surface area contributed by atoms with E-state index in [2.05, 4.69) is 5.32 Å². The van der Waals surface area contributed by atoms with Gasteiger partial charge in [0.25, 0.3) is 0 Å². The average Bonchev–Trinajstić information content (AvgIpc) is 2.37. The van der Waals surface area contributed by atoms with E-state index in [0.29, 0.717) is 6.42 Å². The third kappa shape index (κ3) is 2.68. The summed E-state index contributed by atoms with van der Waals surface area (Å²) in [7, 11) is 0. The molecule has 12 heavy (non-hydrogen) atoms. The van der Waals surface area contributed by atoms with Crippen molar-refractivity contribution < 1.29 is 4.79 Å². The second-order valence-electron chi connectivity index (χ2n) is 2.75. The molecule has 0 aromatic carbocycles. The Hall–Kier alpha value is -0.790. The number of nitrogens with zero attached hydrogens (tertiary/aromatic N) is 1. The summed E-state index contributed by atoms with van der Waals surface area (Å²) in [6.45, 7) is 0.724. The van der Waals surface area contributed by atoms with Crippen LogP contribution in [0.3, 0.4) is 0 Å². The van der Waals surface area contributed by atoms with Crippen molar-refractivity contribution in [2.24, 2.45) is 11.7 Å². The summed E-state index contributed by atoms with van der Waals surface area (Å²) < 4.78 is 0. The van der Waals surface area contributed by atoms with Crippen molar-refractivity contribution >= 4 is 18.3 Å². The van der Waals surface area contributed by atoms with Gasteiger partial charge in [0.2, 0.25) is 5.91 Å². The normalized spacial score (nSPS) is 23.7. The number of nitriles is 1. The van der Waals surface area contributed by atoms with E-state index in [-0.39, 0.29) is 24.2 Å². The molecule has 0 aromatic rings. The van der Waals surface area contributed by atoms with Gasteiger partial charge in [-0.25, -0.2) is 0 Å². The summed E-state index contributed by atoms with van der Waals surface area (Å²) in [5.41, 5.74) is 5.37. The van der Waals surface area contributed by atoms with Crippen LogP contribution in [-0.2, 0) is 4.79 Å². The Bertz CT molecular complexity index is 201. The van der Waals surface area contributed by atoms with E-state index < -0.39 is 6.04 Å². The van der Waals surface area contributed by atoms with Crippen molar-refractivity contribution in [3.8, 4) is 6.07 Å². The maximum atomic E-state index is 10.9. The molecule has 0 aliphatic carbocycles. The first kappa shape index (κ1) is 11.2.